The fraction of sp³-hybridized carbons (Fsp3) is 0.800. The van der Waals surface area contributed by atoms with E-state index in [-0.39, 0.29) is 12.5 Å². The van der Waals surface area contributed by atoms with Crippen LogP contribution in [0.3, 0.4) is 0 Å². The Bertz CT molecular complexity index is 274. The van der Waals surface area contributed by atoms with Gasteiger partial charge >= 0.3 is 5.97 Å². The summed E-state index contributed by atoms with van der Waals surface area (Å²) in [5.41, 5.74) is 4.96. The second-order valence-electron chi connectivity index (χ2n) is 4.13. The lowest BCUT2D eigenvalue weighted by Gasteiger charge is -2.35. The number of hydrogen-bond acceptors (Lipinski definition) is 4. The molecule has 0 spiro atoms. The van der Waals surface area contributed by atoms with E-state index in [4.69, 9.17) is 15.6 Å². The number of carbonyl (C=O) groups is 2. The predicted molar refractivity (Wildman–Crippen MR) is 56.8 cm³/mol. The summed E-state index contributed by atoms with van der Waals surface area (Å²) in [5, 5.41) is 11.2. The van der Waals surface area contributed by atoms with Crippen molar-refractivity contribution >= 4 is 11.9 Å². The summed E-state index contributed by atoms with van der Waals surface area (Å²) < 4.78 is 5.18. The minimum atomic E-state index is -1.05. The molecular weight excluding hydrogens is 212 g/mol. The largest absolute Gasteiger partial charge is 0.480 e. The zero-order chi connectivity index (χ0) is 12.2. The minimum absolute atomic E-state index is 0.217. The molecule has 1 amide bonds. The van der Waals surface area contributed by atoms with Gasteiger partial charge in [0.2, 0.25) is 5.91 Å². The summed E-state index contributed by atoms with van der Waals surface area (Å²) in [6, 6.07) is -0.890. The highest BCUT2D eigenvalue weighted by Gasteiger charge is 2.39. The van der Waals surface area contributed by atoms with Crippen molar-refractivity contribution in [2.75, 3.05) is 19.8 Å². The van der Waals surface area contributed by atoms with Gasteiger partial charge in [0, 0.05) is 19.8 Å². The van der Waals surface area contributed by atoms with Crippen LogP contribution in [0.15, 0.2) is 0 Å². The number of carboxylic acid groups (broad SMARTS) is 1. The molecule has 1 aliphatic heterocycles. The summed E-state index contributed by atoms with van der Waals surface area (Å²) in [5.74, 6) is -1.33. The molecule has 0 bridgehead atoms. The smallest absolute Gasteiger partial charge is 0.325 e. The third kappa shape index (κ3) is 2.70. The van der Waals surface area contributed by atoms with Crippen molar-refractivity contribution in [2.24, 2.45) is 11.1 Å². The SMILES string of the molecule is C[C@H](NC(=O)C1(CN)CCOCC1)C(=O)O. The Morgan fingerprint density at radius 1 is 1.50 bits per heavy atom. The maximum atomic E-state index is 12.0. The highest BCUT2D eigenvalue weighted by molar-refractivity contribution is 5.87. The van der Waals surface area contributed by atoms with Crippen LogP contribution in [0.1, 0.15) is 19.8 Å². The van der Waals surface area contributed by atoms with Crippen molar-refractivity contribution < 1.29 is 19.4 Å². The Labute approximate surface area is 94.1 Å². The standard InChI is InChI=1S/C10H18N2O4/c1-7(8(13)14)12-9(15)10(6-11)2-4-16-5-3-10/h7H,2-6,11H2,1H3,(H,12,15)(H,13,14)/t7-/m0/s1. The van der Waals surface area contributed by atoms with Gasteiger partial charge in [-0.05, 0) is 19.8 Å². The molecule has 6 nitrogen and oxygen atoms in total. The van der Waals surface area contributed by atoms with Crippen LogP contribution >= 0.6 is 0 Å². The van der Waals surface area contributed by atoms with E-state index in [1.54, 1.807) is 0 Å². The molecule has 1 rings (SSSR count). The first-order valence-electron chi connectivity index (χ1n) is 5.33. The van der Waals surface area contributed by atoms with Crippen LogP contribution in [0.2, 0.25) is 0 Å². The number of amides is 1. The number of nitrogens with one attached hydrogen (secondary N) is 1. The molecule has 0 radical (unpaired) electrons. The van der Waals surface area contributed by atoms with Gasteiger partial charge in [0.25, 0.3) is 0 Å². The molecular formula is C10H18N2O4. The number of rotatable bonds is 4. The van der Waals surface area contributed by atoms with E-state index in [1.807, 2.05) is 0 Å². The quantitative estimate of drug-likeness (QED) is 0.594. The van der Waals surface area contributed by atoms with Gasteiger partial charge in [-0.25, -0.2) is 0 Å². The van der Waals surface area contributed by atoms with Gasteiger partial charge in [-0.1, -0.05) is 0 Å². The third-order valence-electron chi connectivity index (χ3n) is 3.04. The molecule has 0 unspecified atom stereocenters. The summed E-state index contributed by atoms with van der Waals surface area (Å²) >= 11 is 0. The highest BCUT2D eigenvalue weighted by Crippen LogP contribution is 2.29. The van der Waals surface area contributed by atoms with Crippen LogP contribution in [0.4, 0.5) is 0 Å². The summed E-state index contributed by atoms with van der Waals surface area (Å²) in [6.07, 6.45) is 1.09. The first-order chi connectivity index (χ1) is 7.52. The first kappa shape index (κ1) is 12.9. The molecule has 6 heteroatoms. The molecule has 4 N–H and O–H groups in total. The highest BCUT2D eigenvalue weighted by atomic mass is 16.5. The molecule has 0 aromatic carbocycles. The Morgan fingerprint density at radius 2 is 2.06 bits per heavy atom. The molecule has 16 heavy (non-hydrogen) atoms. The number of hydrogen-bond donors (Lipinski definition) is 3. The van der Waals surface area contributed by atoms with Crippen LogP contribution in [0, 0.1) is 5.41 Å². The molecule has 0 saturated carbocycles. The van der Waals surface area contributed by atoms with Crippen molar-refractivity contribution in [1.82, 2.24) is 5.32 Å². The van der Waals surface area contributed by atoms with Crippen molar-refractivity contribution in [3.05, 3.63) is 0 Å². The first-order valence-corrected chi connectivity index (χ1v) is 5.33. The van der Waals surface area contributed by atoms with E-state index in [0.717, 1.165) is 0 Å². The fourth-order valence-electron chi connectivity index (χ4n) is 1.70. The number of nitrogens with two attached hydrogens (primary N) is 1. The maximum absolute atomic E-state index is 12.0. The van der Waals surface area contributed by atoms with Crippen LogP contribution in [-0.4, -0.2) is 42.8 Å². The lowest BCUT2D eigenvalue weighted by Crippen LogP contribution is -2.52. The van der Waals surface area contributed by atoms with Crippen LogP contribution in [-0.2, 0) is 14.3 Å². The Kier molecular flexibility index (Phi) is 4.26. The maximum Gasteiger partial charge on any atom is 0.325 e. The van der Waals surface area contributed by atoms with Gasteiger partial charge in [0.05, 0.1) is 5.41 Å². The minimum Gasteiger partial charge on any atom is -0.480 e. The zero-order valence-electron chi connectivity index (χ0n) is 9.36. The fourth-order valence-corrected chi connectivity index (χ4v) is 1.70. The number of carbonyl (C=O) groups excluding carboxylic acids is 1. The van der Waals surface area contributed by atoms with Crippen LogP contribution in [0.5, 0.6) is 0 Å². The van der Waals surface area contributed by atoms with Gasteiger partial charge in [-0.3, -0.25) is 9.59 Å². The molecule has 0 aliphatic carbocycles. The Hall–Kier alpha value is -1.14. The van der Waals surface area contributed by atoms with E-state index in [1.165, 1.54) is 6.92 Å². The molecule has 1 heterocycles. The monoisotopic (exact) mass is 230 g/mol. The number of carboxylic acids is 1. The summed E-state index contributed by atoms with van der Waals surface area (Å²) in [4.78, 5) is 22.6. The van der Waals surface area contributed by atoms with E-state index in [2.05, 4.69) is 5.32 Å². The van der Waals surface area contributed by atoms with E-state index >= 15 is 0 Å². The van der Waals surface area contributed by atoms with Crippen molar-refractivity contribution in [2.45, 2.75) is 25.8 Å². The molecule has 0 aromatic rings. The van der Waals surface area contributed by atoms with Gasteiger partial charge < -0.3 is 20.9 Å². The summed E-state index contributed by atoms with van der Waals surface area (Å²) in [7, 11) is 0. The van der Waals surface area contributed by atoms with Crippen molar-refractivity contribution in [1.29, 1.82) is 0 Å². The molecule has 1 atom stereocenters. The van der Waals surface area contributed by atoms with Gasteiger partial charge in [-0.2, -0.15) is 0 Å². The van der Waals surface area contributed by atoms with Gasteiger partial charge in [0.15, 0.2) is 0 Å². The lowest BCUT2D eigenvalue weighted by molar-refractivity contribution is -0.145. The predicted octanol–water partition coefficient (Wildman–Crippen LogP) is -0.669. The Morgan fingerprint density at radius 3 is 2.50 bits per heavy atom. The van der Waals surface area contributed by atoms with Gasteiger partial charge in [0.1, 0.15) is 6.04 Å². The lowest BCUT2D eigenvalue weighted by atomic mass is 9.79. The topological polar surface area (TPSA) is 102 Å². The third-order valence-corrected chi connectivity index (χ3v) is 3.04. The van der Waals surface area contributed by atoms with Gasteiger partial charge in [-0.15, -0.1) is 0 Å². The van der Waals surface area contributed by atoms with E-state index in [0.29, 0.717) is 26.1 Å². The van der Waals surface area contributed by atoms with Crippen molar-refractivity contribution in [3.8, 4) is 0 Å². The molecule has 1 saturated heterocycles. The average molecular weight is 230 g/mol. The number of ether oxygens (including phenoxy) is 1. The van der Waals surface area contributed by atoms with Crippen LogP contribution in [0.25, 0.3) is 0 Å². The van der Waals surface area contributed by atoms with E-state index < -0.39 is 17.4 Å². The average Bonchev–Trinajstić information content (AvgIpc) is 2.29. The van der Waals surface area contributed by atoms with E-state index in [9.17, 15) is 9.59 Å². The summed E-state index contributed by atoms with van der Waals surface area (Å²) in [6.45, 7) is 2.64. The Balaban J connectivity index is 2.65. The molecule has 0 aromatic heterocycles. The van der Waals surface area contributed by atoms with Crippen LogP contribution < -0.4 is 11.1 Å². The second kappa shape index (κ2) is 5.27. The molecule has 92 valence electrons. The molecule has 1 aliphatic rings. The number of aliphatic carboxylic acids is 1. The normalized spacial score (nSPS) is 21.1. The van der Waals surface area contributed by atoms with Crippen molar-refractivity contribution in [3.63, 3.8) is 0 Å². The molecule has 1 fully saturated rings. The zero-order valence-corrected chi connectivity index (χ0v) is 9.36. The second-order valence-corrected chi connectivity index (χ2v) is 4.13.